The first-order valence-electron chi connectivity index (χ1n) is 6.76. The zero-order valence-corrected chi connectivity index (χ0v) is 11.5. The average Bonchev–Trinajstić information content (AvgIpc) is 2.89. The van der Waals surface area contributed by atoms with Gasteiger partial charge in [-0.25, -0.2) is 4.98 Å². The number of aromatic nitrogens is 2. The van der Waals surface area contributed by atoms with E-state index < -0.39 is 0 Å². The molecule has 100 valence electrons. The van der Waals surface area contributed by atoms with Crippen molar-refractivity contribution < 1.29 is 0 Å². The standard InChI is InChI=1S/C17H17N3/c1-2-20-12-19-16(17(20)18)15-10-8-14(9-11-15)13-6-4-3-5-7-13/h3-12H,2,18H2,1H3. The summed E-state index contributed by atoms with van der Waals surface area (Å²) in [6, 6.07) is 18.7. The van der Waals surface area contributed by atoms with Crippen molar-refractivity contribution in [3.63, 3.8) is 0 Å². The molecule has 0 aliphatic heterocycles. The summed E-state index contributed by atoms with van der Waals surface area (Å²) < 4.78 is 1.94. The molecule has 20 heavy (non-hydrogen) atoms. The van der Waals surface area contributed by atoms with Crippen LogP contribution in [0.5, 0.6) is 0 Å². The molecule has 0 fully saturated rings. The molecule has 2 aromatic carbocycles. The summed E-state index contributed by atoms with van der Waals surface area (Å²) in [6.07, 6.45) is 1.79. The fourth-order valence-electron chi connectivity index (χ4n) is 2.32. The Hall–Kier alpha value is -2.55. The highest BCUT2D eigenvalue weighted by Crippen LogP contribution is 2.27. The number of rotatable bonds is 3. The molecule has 0 aliphatic carbocycles. The third kappa shape index (κ3) is 2.18. The SMILES string of the molecule is CCn1cnc(-c2ccc(-c3ccccc3)cc2)c1N. The van der Waals surface area contributed by atoms with Gasteiger partial charge in [0.15, 0.2) is 0 Å². The van der Waals surface area contributed by atoms with Gasteiger partial charge >= 0.3 is 0 Å². The van der Waals surface area contributed by atoms with Crippen LogP contribution in [0.4, 0.5) is 5.82 Å². The van der Waals surface area contributed by atoms with E-state index in [1.807, 2.05) is 22.8 Å². The van der Waals surface area contributed by atoms with Crippen LogP contribution in [0.3, 0.4) is 0 Å². The van der Waals surface area contributed by atoms with E-state index in [2.05, 4.69) is 48.3 Å². The van der Waals surface area contributed by atoms with E-state index in [1.165, 1.54) is 11.1 Å². The van der Waals surface area contributed by atoms with E-state index in [0.717, 1.165) is 23.6 Å². The first-order valence-corrected chi connectivity index (χ1v) is 6.76. The molecule has 0 aliphatic rings. The molecule has 0 atom stereocenters. The second-order valence-corrected chi connectivity index (χ2v) is 4.71. The molecular formula is C17H17N3. The van der Waals surface area contributed by atoms with Gasteiger partial charge < -0.3 is 10.3 Å². The van der Waals surface area contributed by atoms with Crippen molar-refractivity contribution in [1.29, 1.82) is 0 Å². The summed E-state index contributed by atoms with van der Waals surface area (Å²) in [5.74, 6) is 0.722. The minimum atomic E-state index is 0.722. The molecule has 0 radical (unpaired) electrons. The van der Waals surface area contributed by atoms with Gasteiger partial charge in [-0.3, -0.25) is 0 Å². The smallest absolute Gasteiger partial charge is 0.131 e. The molecule has 0 unspecified atom stereocenters. The Kier molecular flexibility index (Phi) is 3.25. The second kappa shape index (κ2) is 5.21. The number of anilines is 1. The van der Waals surface area contributed by atoms with Crippen molar-refractivity contribution in [1.82, 2.24) is 9.55 Å². The molecular weight excluding hydrogens is 246 g/mol. The topological polar surface area (TPSA) is 43.8 Å². The second-order valence-electron chi connectivity index (χ2n) is 4.71. The molecule has 3 nitrogen and oxygen atoms in total. The van der Waals surface area contributed by atoms with Crippen molar-refractivity contribution in [3.05, 3.63) is 60.9 Å². The van der Waals surface area contributed by atoms with E-state index in [0.29, 0.717) is 0 Å². The molecule has 0 spiro atoms. The van der Waals surface area contributed by atoms with Gasteiger partial charge in [-0.15, -0.1) is 0 Å². The number of nitrogen functional groups attached to an aromatic ring is 1. The Morgan fingerprint density at radius 3 is 2.10 bits per heavy atom. The average molecular weight is 263 g/mol. The third-order valence-electron chi connectivity index (χ3n) is 3.48. The van der Waals surface area contributed by atoms with Crippen LogP contribution in [-0.4, -0.2) is 9.55 Å². The van der Waals surface area contributed by atoms with Crippen LogP contribution in [0, 0.1) is 0 Å². The van der Waals surface area contributed by atoms with E-state index in [9.17, 15) is 0 Å². The normalized spacial score (nSPS) is 10.7. The molecule has 3 heteroatoms. The summed E-state index contributed by atoms with van der Waals surface area (Å²) in [5, 5.41) is 0. The van der Waals surface area contributed by atoms with Gasteiger partial charge in [0.2, 0.25) is 0 Å². The Bertz CT molecular complexity index is 697. The highest BCUT2D eigenvalue weighted by Gasteiger charge is 2.08. The number of nitrogens with zero attached hydrogens (tertiary/aromatic N) is 2. The van der Waals surface area contributed by atoms with Crippen LogP contribution in [-0.2, 0) is 6.54 Å². The van der Waals surface area contributed by atoms with Crippen LogP contribution in [0.15, 0.2) is 60.9 Å². The highest BCUT2D eigenvalue weighted by atomic mass is 15.1. The Labute approximate surface area is 118 Å². The summed E-state index contributed by atoms with van der Waals surface area (Å²) >= 11 is 0. The van der Waals surface area contributed by atoms with Crippen molar-refractivity contribution in [2.75, 3.05) is 5.73 Å². The maximum Gasteiger partial charge on any atom is 0.131 e. The lowest BCUT2D eigenvalue weighted by Crippen LogP contribution is -1.99. The van der Waals surface area contributed by atoms with Gasteiger partial charge in [-0.2, -0.15) is 0 Å². The largest absolute Gasteiger partial charge is 0.383 e. The lowest BCUT2D eigenvalue weighted by atomic mass is 10.0. The van der Waals surface area contributed by atoms with Crippen LogP contribution >= 0.6 is 0 Å². The molecule has 1 aromatic heterocycles. The van der Waals surface area contributed by atoms with Crippen molar-refractivity contribution >= 4 is 5.82 Å². The van der Waals surface area contributed by atoms with Crippen molar-refractivity contribution in [2.45, 2.75) is 13.5 Å². The zero-order chi connectivity index (χ0) is 13.9. The molecule has 0 bridgehead atoms. The van der Waals surface area contributed by atoms with Crippen LogP contribution in [0.25, 0.3) is 22.4 Å². The van der Waals surface area contributed by atoms with E-state index >= 15 is 0 Å². The van der Waals surface area contributed by atoms with Gasteiger partial charge in [-0.1, -0.05) is 54.6 Å². The van der Waals surface area contributed by atoms with Gasteiger partial charge in [0.25, 0.3) is 0 Å². The van der Waals surface area contributed by atoms with Crippen LogP contribution in [0.1, 0.15) is 6.92 Å². The molecule has 0 saturated heterocycles. The first-order chi connectivity index (χ1) is 9.79. The lowest BCUT2D eigenvalue weighted by Gasteiger charge is -2.05. The fourth-order valence-corrected chi connectivity index (χ4v) is 2.32. The van der Waals surface area contributed by atoms with Gasteiger partial charge in [0.1, 0.15) is 11.5 Å². The number of hydrogen-bond acceptors (Lipinski definition) is 2. The number of hydrogen-bond donors (Lipinski definition) is 1. The van der Waals surface area contributed by atoms with Crippen LogP contribution in [0.2, 0.25) is 0 Å². The van der Waals surface area contributed by atoms with Crippen molar-refractivity contribution in [2.24, 2.45) is 0 Å². The molecule has 3 aromatic rings. The summed E-state index contributed by atoms with van der Waals surface area (Å²) in [4.78, 5) is 4.40. The Morgan fingerprint density at radius 2 is 1.50 bits per heavy atom. The monoisotopic (exact) mass is 263 g/mol. The summed E-state index contributed by atoms with van der Waals surface area (Å²) in [6.45, 7) is 2.89. The van der Waals surface area contributed by atoms with Gasteiger partial charge in [-0.05, 0) is 18.1 Å². The quantitative estimate of drug-likeness (QED) is 0.780. The van der Waals surface area contributed by atoms with Crippen LogP contribution < -0.4 is 5.73 Å². The van der Waals surface area contributed by atoms with E-state index in [1.54, 1.807) is 6.33 Å². The summed E-state index contributed by atoms with van der Waals surface area (Å²) in [7, 11) is 0. The minimum absolute atomic E-state index is 0.722. The zero-order valence-electron chi connectivity index (χ0n) is 11.5. The highest BCUT2D eigenvalue weighted by molar-refractivity contribution is 5.73. The maximum absolute atomic E-state index is 6.10. The number of imidazole rings is 1. The molecule has 3 rings (SSSR count). The van der Waals surface area contributed by atoms with Crippen molar-refractivity contribution in [3.8, 4) is 22.4 Å². The number of nitrogens with two attached hydrogens (primary N) is 1. The fraction of sp³-hybridized carbons (Fsp3) is 0.118. The first kappa shape index (κ1) is 12.5. The molecule has 0 amide bonds. The lowest BCUT2D eigenvalue weighted by molar-refractivity contribution is 0.771. The molecule has 2 N–H and O–H groups in total. The minimum Gasteiger partial charge on any atom is -0.383 e. The predicted molar refractivity (Wildman–Crippen MR) is 83.2 cm³/mol. The number of benzene rings is 2. The van der Waals surface area contributed by atoms with E-state index in [4.69, 9.17) is 5.73 Å². The molecule has 0 saturated carbocycles. The number of aryl methyl sites for hydroxylation is 1. The Balaban J connectivity index is 1.95. The third-order valence-corrected chi connectivity index (χ3v) is 3.48. The van der Waals surface area contributed by atoms with E-state index in [-0.39, 0.29) is 0 Å². The maximum atomic E-state index is 6.10. The predicted octanol–water partition coefficient (Wildman–Crippen LogP) is 3.82. The van der Waals surface area contributed by atoms with Gasteiger partial charge in [0.05, 0.1) is 6.33 Å². The summed E-state index contributed by atoms with van der Waals surface area (Å²) in [5.41, 5.74) is 10.4. The Morgan fingerprint density at radius 1 is 0.900 bits per heavy atom. The van der Waals surface area contributed by atoms with Gasteiger partial charge in [0, 0.05) is 12.1 Å². The molecule has 1 heterocycles.